The summed E-state index contributed by atoms with van der Waals surface area (Å²) in [6.07, 6.45) is 1.63. The Bertz CT molecular complexity index is 1080. The van der Waals surface area contributed by atoms with Gasteiger partial charge in [0.1, 0.15) is 22.2 Å². The van der Waals surface area contributed by atoms with Gasteiger partial charge < -0.3 is 14.7 Å². The van der Waals surface area contributed by atoms with Crippen molar-refractivity contribution in [3.63, 3.8) is 0 Å². The molecule has 0 amide bonds. The number of H-pyrrole nitrogens is 1. The van der Waals surface area contributed by atoms with Gasteiger partial charge in [-0.2, -0.15) is 0 Å². The molecule has 0 unspecified atom stereocenters. The molecule has 0 fully saturated rings. The van der Waals surface area contributed by atoms with E-state index in [0.29, 0.717) is 22.6 Å². The molecule has 4 aromatic rings. The number of halogens is 1. The summed E-state index contributed by atoms with van der Waals surface area (Å²) in [5.74, 6) is 1.08. The van der Waals surface area contributed by atoms with Crippen LogP contribution in [-0.4, -0.2) is 9.97 Å². The number of furan rings is 1. The number of nitrogens with zero attached hydrogens (tertiary/aromatic N) is 1. The minimum Gasteiger partial charge on any atom is -0.468 e. The summed E-state index contributed by atoms with van der Waals surface area (Å²) >= 11 is 1.40. The first-order valence-corrected chi connectivity index (χ1v) is 9.03. The second-order valence-electron chi connectivity index (χ2n) is 5.97. The second-order valence-corrected chi connectivity index (χ2v) is 6.83. The van der Waals surface area contributed by atoms with Gasteiger partial charge in [0.05, 0.1) is 24.2 Å². The van der Waals surface area contributed by atoms with Crippen molar-refractivity contribution in [1.29, 1.82) is 0 Å². The lowest BCUT2D eigenvalue weighted by Crippen LogP contribution is -2.21. The third kappa shape index (κ3) is 3.18. The molecular weight excluding hydrogens is 353 g/mol. The van der Waals surface area contributed by atoms with E-state index in [-0.39, 0.29) is 17.4 Å². The second kappa shape index (κ2) is 6.86. The van der Waals surface area contributed by atoms with E-state index in [1.54, 1.807) is 18.4 Å². The highest BCUT2D eigenvalue weighted by Crippen LogP contribution is 2.30. The average molecular weight is 369 g/mol. The van der Waals surface area contributed by atoms with Crippen LogP contribution in [0, 0.1) is 5.82 Å². The van der Waals surface area contributed by atoms with Crippen molar-refractivity contribution in [3.8, 4) is 11.1 Å². The zero-order valence-corrected chi connectivity index (χ0v) is 14.8. The molecule has 0 aliphatic rings. The number of benzene rings is 1. The summed E-state index contributed by atoms with van der Waals surface area (Å²) in [5, 5.41) is 5.68. The van der Waals surface area contributed by atoms with Crippen molar-refractivity contribution < 1.29 is 8.81 Å². The first kappa shape index (κ1) is 16.7. The molecule has 0 aliphatic heterocycles. The Morgan fingerprint density at radius 3 is 2.85 bits per heavy atom. The summed E-state index contributed by atoms with van der Waals surface area (Å²) in [5.41, 5.74) is 1.36. The van der Waals surface area contributed by atoms with Gasteiger partial charge in [-0.15, -0.1) is 11.3 Å². The molecule has 132 valence electrons. The van der Waals surface area contributed by atoms with Gasteiger partial charge in [0, 0.05) is 10.9 Å². The average Bonchev–Trinajstić information content (AvgIpc) is 3.30. The van der Waals surface area contributed by atoms with Gasteiger partial charge >= 0.3 is 0 Å². The topological polar surface area (TPSA) is 70.9 Å². The molecule has 2 N–H and O–H groups in total. The van der Waals surface area contributed by atoms with E-state index < -0.39 is 0 Å². The summed E-state index contributed by atoms with van der Waals surface area (Å²) in [6, 6.07) is 9.83. The predicted molar refractivity (Wildman–Crippen MR) is 99.6 cm³/mol. The maximum Gasteiger partial charge on any atom is 0.260 e. The molecule has 0 spiro atoms. The van der Waals surface area contributed by atoms with E-state index in [1.165, 1.54) is 23.5 Å². The fourth-order valence-electron chi connectivity index (χ4n) is 2.81. The smallest absolute Gasteiger partial charge is 0.260 e. The Labute approximate surface area is 152 Å². The molecule has 0 saturated carbocycles. The zero-order valence-electron chi connectivity index (χ0n) is 14.0. The Kier molecular flexibility index (Phi) is 4.40. The molecule has 0 aliphatic carbocycles. The van der Waals surface area contributed by atoms with Crippen LogP contribution in [0.25, 0.3) is 21.3 Å². The van der Waals surface area contributed by atoms with Gasteiger partial charge in [-0.3, -0.25) is 4.79 Å². The fraction of sp³-hybridized carbons (Fsp3) is 0.158. The number of thiophene rings is 1. The molecule has 5 nitrogen and oxygen atoms in total. The van der Waals surface area contributed by atoms with Crippen LogP contribution in [-0.2, 0) is 6.54 Å². The van der Waals surface area contributed by atoms with Crippen molar-refractivity contribution in [2.24, 2.45) is 0 Å². The number of aromatic amines is 1. The third-order valence-corrected chi connectivity index (χ3v) is 5.07. The van der Waals surface area contributed by atoms with Crippen LogP contribution in [0.4, 0.5) is 4.39 Å². The summed E-state index contributed by atoms with van der Waals surface area (Å²) in [4.78, 5) is 20.6. The van der Waals surface area contributed by atoms with Crippen LogP contribution < -0.4 is 10.9 Å². The number of hydrogen-bond acceptors (Lipinski definition) is 5. The third-order valence-electron chi connectivity index (χ3n) is 4.19. The molecule has 26 heavy (non-hydrogen) atoms. The molecule has 7 heteroatoms. The Morgan fingerprint density at radius 1 is 1.31 bits per heavy atom. The number of aromatic nitrogens is 2. The maximum atomic E-state index is 13.1. The van der Waals surface area contributed by atoms with E-state index >= 15 is 0 Å². The van der Waals surface area contributed by atoms with E-state index in [1.807, 2.05) is 24.4 Å². The van der Waals surface area contributed by atoms with E-state index in [9.17, 15) is 9.18 Å². The largest absolute Gasteiger partial charge is 0.468 e. The fourth-order valence-corrected chi connectivity index (χ4v) is 3.77. The number of fused-ring (bicyclic) bond motifs is 1. The van der Waals surface area contributed by atoms with Gasteiger partial charge in [0.25, 0.3) is 5.56 Å². The van der Waals surface area contributed by atoms with Gasteiger partial charge in [0.15, 0.2) is 0 Å². The number of nitrogens with one attached hydrogen (secondary N) is 2. The maximum absolute atomic E-state index is 13.1. The molecule has 1 aromatic carbocycles. The molecule has 3 aromatic heterocycles. The SMILES string of the molecule is C[C@H](NCc1nc2scc(-c3ccc(F)cc3)c2c(=O)[nH]1)c1ccco1. The lowest BCUT2D eigenvalue weighted by Gasteiger charge is -2.10. The minimum absolute atomic E-state index is 0.00381. The Balaban J connectivity index is 1.61. The van der Waals surface area contributed by atoms with Crippen LogP contribution >= 0.6 is 11.3 Å². The summed E-state index contributed by atoms with van der Waals surface area (Å²) < 4.78 is 18.5. The normalized spacial score (nSPS) is 12.5. The number of hydrogen-bond donors (Lipinski definition) is 2. The monoisotopic (exact) mass is 369 g/mol. The van der Waals surface area contributed by atoms with Gasteiger partial charge in [0.2, 0.25) is 0 Å². The van der Waals surface area contributed by atoms with Crippen molar-refractivity contribution in [1.82, 2.24) is 15.3 Å². The van der Waals surface area contributed by atoms with Gasteiger partial charge in [-0.05, 0) is 36.8 Å². The first-order chi connectivity index (χ1) is 12.6. The molecule has 4 rings (SSSR count). The Morgan fingerprint density at radius 2 is 2.12 bits per heavy atom. The van der Waals surface area contributed by atoms with Crippen molar-refractivity contribution in [2.75, 3.05) is 0 Å². The van der Waals surface area contributed by atoms with Crippen LogP contribution in [0.2, 0.25) is 0 Å². The minimum atomic E-state index is -0.306. The van der Waals surface area contributed by atoms with E-state index in [2.05, 4.69) is 15.3 Å². The van der Waals surface area contributed by atoms with E-state index in [0.717, 1.165) is 16.9 Å². The molecule has 0 bridgehead atoms. The summed E-state index contributed by atoms with van der Waals surface area (Å²) in [6.45, 7) is 2.39. The lowest BCUT2D eigenvalue weighted by atomic mass is 10.1. The summed E-state index contributed by atoms with van der Waals surface area (Å²) in [7, 11) is 0. The van der Waals surface area contributed by atoms with Crippen molar-refractivity contribution in [3.05, 3.63) is 75.8 Å². The molecule has 0 saturated heterocycles. The molecule has 1 atom stereocenters. The van der Waals surface area contributed by atoms with Gasteiger partial charge in [-0.1, -0.05) is 12.1 Å². The van der Waals surface area contributed by atoms with Crippen molar-refractivity contribution in [2.45, 2.75) is 19.5 Å². The molecule has 3 heterocycles. The zero-order chi connectivity index (χ0) is 18.1. The van der Waals surface area contributed by atoms with E-state index in [4.69, 9.17) is 4.42 Å². The highest BCUT2D eigenvalue weighted by atomic mass is 32.1. The van der Waals surface area contributed by atoms with Crippen LogP contribution in [0.1, 0.15) is 24.6 Å². The van der Waals surface area contributed by atoms with Crippen LogP contribution in [0.3, 0.4) is 0 Å². The Hall–Kier alpha value is -2.77. The quantitative estimate of drug-likeness (QED) is 0.552. The highest BCUT2D eigenvalue weighted by Gasteiger charge is 2.14. The van der Waals surface area contributed by atoms with Crippen LogP contribution in [0.5, 0.6) is 0 Å². The van der Waals surface area contributed by atoms with Gasteiger partial charge in [-0.25, -0.2) is 9.37 Å². The molecule has 0 radical (unpaired) electrons. The number of rotatable bonds is 5. The highest BCUT2D eigenvalue weighted by molar-refractivity contribution is 7.17. The standard InChI is InChI=1S/C19H16FN3O2S/c1-11(15-3-2-8-25-15)21-9-16-22-18(24)17-14(10-26-19(17)23-16)12-4-6-13(20)7-5-12/h2-8,10-11,21H,9H2,1H3,(H,22,23,24)/t11-/m0/s1. The first-order valence-electron chi connectivity index (χ1n) is 8.15. The van der Waals surface area contributed by atoms with Crippen molar-refractivity contribution >= 4 is 21.6 Å². The lowest BCUT2D eigenvalue weighted by molar-refractivity contribution is 0.427. The van der Waals surface area contributed by atoms with Crippen LogP contribution in [0.15, 0.2) is 57.3 Å². The molecular formula is C19H16FN3O2S. The predicted octanol–water partition coefficient (Wildman–Crippen LogP) is 4.23.